The lowest BCUT2D eigenvalue weighted by atomic mass is 10.4. The molecule has 0 saturated heterocycles. The standard InChI is InChI=1S/C10H14F3N5S/c1-19-9-15-7(17-14)4-8(16-9)18(6-2-3-6)5-10(11,12)13/h4,6H,2-3,5,14H2,1H3,(H,15,16,17). The first-order valence-electron chi connectivity index (χ1n) is 5.66. The van der Waals surface area contributed by atoms with Crippen LogP contribution >= 0.6 is 11.8 Å². The maximum absolute atomic E-state index is 12.6. The summed E-state index contributed by atoms with van der Waals surface area (Å²) in [6.45, 7) is -1.01. The zero-order valence-electron chi connectivity index (χ0n) is 10.2. The molecule has 2 rings (SSSR count). The Morgan fingerprint density at radius 3 is 2.63 bits per heavy atom. The Morgan fingerprint density at radius 1 is 1.47 bits per heavy atom. The molecule has 0 aliphatic heterocycles. The Labute approximate surface area is 112 Å². The molecule has 1 aliphatic carbocycles. The predicted octanol–water partition coefficient (Wildman–Crippen LogP) is 2.02. The Hall–Kier alpha value is -1.22. The number of hydrogen-bond acceptors (Lipinski definition) is 6. The molecule has 1 aromatic heterocycles. The number of hydrazine groups is 1. The fourth-order valence-electron chi connectivity index (χ4n) is 1.70. The van der Waals surface area contributed by atoms with E-state index in [9.17, 15) is 13.2 Å². The van der Waals surface area contributed by atoms with Crippen molar-refractivity contribution in [3.8, 4) is 0 Å². The molecule has 0 atom stereocenters. The number of nitrogens with one attached hydrogen (secondary N) is 1. The molecule has 0 radical (unpaired) electrons. The van der Waals surface area contributed by atoms with Gasteiger partial charge in [-0.15, -0.1) is 0 Å². The summed E-state index contributed by atoms with van der Waals surface area (Å²) in [4.78, 5) is 9.43. The summed E-state index contributed by atoms with van der Waals surface area (Å²) in [6, 6.07) is 1.33. The number of anilines is 2. The number of aromatic nitrogens is 2. The van der Waals surface area contributed by atoms with Gasteiger partial charge in [0.25, 0.3) is 0 Å². The zero-order valence-corrected chi connectivity index (χ0v) is 11.1. The molecular weight excluding hydrogens is 279 g/mol. The molecule has 19 heavy (non-hydrogen) atoms. The van der Waals surface area contributed by atoms with Crippen molar-refractivity contribution in [1.29, 1.82) is 0 Å². The number of nitrogen functional groups attached to an aromatic ring is 1. The van der Waals surface area contributed by atoms with Crippen molar-refractivity contribution in [2.75, 3.05) is 23.1 Å². The first kappa shape index (κ1) is 14.2. The van der Waals surface area contributed by atoms with E-state index >= 15 is 0 Å². The minimum absolute atomic E-state index is 0.100. The minimum Gasteiger partial charge on any atom is -0.344 e. The van der Waals surface area contributed by atoms with E-state index in [2.05, 4.69) is 15.4 Å². The largest absolute Gasteiger partial charge is 0.405 e. The van der Waals surface area contributed by atoms with Crippen molar-refractivity contribution in [3.05, 3.63) is 6.07 Å². The normalized spacial score (nSPS) is 15.4. The van der Waals surface area contributed by atoms with Gasteiger partial charge >= 0.3 is 6.18 Å². The molecule has 0 bridgehead atoms. The van der Waals surface area contributed by atoms with Crippen LogP contribution in [0, 0.1) is 0 Å². The van der Waals surface area contributed by atoms with Crippen LogP contribution in [0.25, 0.3) is 0 Å². The molecule has 1 aromatic rings. The summed E-state index contributed by atoms with van der Waals surface area (Å²) >= 11 is 1.25. The first-order valence-corrected chi connectivity index (χ1v) is 6.88. The second-order valence-corrected chi connectivity index (χ2v) is 4.99. The SMILES string of the molecule is CSc1nc(NN)cc(N(CC(F)(F)F)C2CC2)n1. The summed E-state index contributed by atoms with van der Waals surface area (Å²) in [7, 11) is 0. The summed E-state index contributed by atoms with van der Waals surface area (Å²) in [6.07, 6.45) is -1.01. The summed E-state index contributed by atoms with van der Waals surface area (Å²) in [5.41, 5.74) is 2.35. The topological polar surface area (TPSA) is 67.1 Å². The van der Waals surface area contributed by atoms with Crippen molar-refractivity contribution in [2.24, 2.45) is 5.84 Å². The molecule has 0 amide bonds. The lowest BCUT2D eigenvalue weighted by molar-refractivity contribution is -0.120. The molecule has 0 spiro atoms. The van der Waals surface area contributed by atoms with Crippen LogP contribution in [-0.4, -0.2) is 35.0 Å². The van der Waals surface area contributed by atoms with Crippen LogP contribution in [0.3, 0.4) is 0 Å². The van der Waals surface area contributed by atoms with Gasteiger partial charge in [0.2, 0.25) is 0 Å². The third-order valence-corrected chi connectivity index (χ3v) is 3.20. The number of rotatable bonds is 5. The van der Waals surface area contributed by atoms with E-state index in [0.29, 0.717) is 11.0 Å². The highest BCUT2D eigenvalue weighted by molar-refractivity contribution is 7.98. The van der Waals surface area contributed by atoms with E-state index in [1.807, 2.05) is 0 Å². The van der Waals surface area contributed by atoms with Crippen LogP contribution in [-0.2, 0) is 0 Å². The molecule has 0 aromatic carbocycles. The maximum Gasteiger partial charge on any atom is 0.405 e. The molecule has 3 N–H and O–H groups in total. The summed E-state index contributed by atoms with van der Waals surface area (Å²) in [5, 5.41) is 0.387. The number of nitrogens with two attached hydrogens (primary N) is 1. The Bertz CT molecular complexity index is 427. The second-order valence-electron chi connectivity index (χ2n) is 4.22. The molecular formula is C10H14F3N5S. The van der Waals surface area contributed by atoms with Crippen LogP contribution in [0.5, 0.6) is 0 Å². The summed E-state index contributed by atoms with van der Waals surface area (Å²) in [5.74, 6) is 5.84. The molecule has 5 nitrogen and oxygen atoms in total. The lowest BCUT2D eigenvalue weighted by Crippen LogP contribution is -2.36. The van der Waals surface area contributed by atoms with Crippen LogP contribution in [0.2, 0.25) is 0 Å². The molecule has 106 valence electrons. The van der Waals surface area contributed by atoms with Gasteiger partial charge in [-0.2, -0.15) is 13.2 Å². The average Bonchev–Trinajstić information content (AvgIpc) is 3.18. The van der Waals surface area contributed by atoms with Crippen LogP contribution < -0.4 is 16.2 Å². The smallest absolute Gasteiger partial charge is 0.344 e. The molecule has 1 saturated carbocycles. The van der Waals surface area contributed by atoms with Gasteiger partial charge in [0, 0.05) is 12.1 Å². The number of thioether (sulfide) groups is 1. The van der Waals surface area contributed by atoms with Gasteiger partial charge in [-0.1, -0.05) is 11.8 Å². The Balaban J connectivity index is 2.30. The number of halogens is 3. The molecule has 0 unspecified atom stereocenters. The van der Waals surface area contributed by atoms with Crippen molar-refractivity contribution >= 4 is 23.4 Å². The van der Waals surface area contributed by atoms with Crippen molar-refractivity contribution < 1.29 is 13.2 Å². The van der Waals surface area contributed by atoms with E-state index in [1.165, 1.54) is 22.7 Å². The van der Waals surface area contributed by atoms with Crippen molar-refractivity contribution in [2.45, 2.75) is 30.2 Å². The third-order valence-electron chi connectivity index (χ3n) is 2.65. The Kier molecular flexibility index (Phi) is 4.04. The van der Waals surface area contributed by atoms with Crippen molar-refractivity contribution in [1.82, 2.24) is 9.97 Å². The van der Waals surface area contributed by atoms with Crippen LogP contribution in [0.1, 0.15) is 12.8 Å². The quantitative estimate of drug-likeness (QED) is 0.375. The van der Waals surface area contributed by atoms with E-state index in [1.54, 1.807) is 6.26 Å². The lowest BCUT2D eigenvalue weighted by Gasteiger charge is -2.25. The molecule has 1 aliphatic rings. The molecule has 1 heterocycles. The van der Waals surface area contributed by atoms with Crippen LogP contribution in [0.15, 0.2) is 11.2 Å². The maximum atomic E-state index is 12.6. The highest BCUT2D eigenvalue weighted by Crippen LogP contribution is 2.34. The van der Waals surface area contributed by atoms with Gasteiger partial charge in [0.1, 0.15) is 18.2 Å². The fourth-order valence-corrected chi connectivity index (χ4v) is 2.08. The van der Waals surface area contributed by atoms with E-state index in [0.717, 1.165) is 12.8 Å². The van der Waals surface area contributed by atoms with E-state index in [4.69, 9.17) is 5.84 Å². The first-order chi connectivity index (χ1) is 8.93. The van der Waals surface area contributed by atoms with Gasteiger partial charge in [-0.3, -0.25) is 0 Å². The number of alkyl halides is 3. The van der Waals surface area contributed by atoms with Gasteiger partial charge in [0.15, 0.2) is 5.16 Å². The monoisotopic (exact) mass is 293 g/mol. The van der Waals surface area contributed by atoms with Crippen molar-refractivity contribution in [3.63, 3.8) is 0 Å². The fraction of sp³-hybridized carbons (Fsp3) is 0.600. The number of nitrogens with zero attached hydrogens (tertiary/aromatic N) is 3. The minimum atomic E-state index is -4.26. The number of hydrogen-bond donors (Lipinski definition) is 2. The molecule has 9 heteroatoms. The highest BCUT2D eigenvalue weighted by Gasteiger charge is 2.39. The summed E-state index contributed by atoms with van der Waals surface area (Å²) < 4.78 is 37.8. The van der Waals surface area contributed by atoms with Gasteiger partial charge in [-0.25, -0.2) is 15.8 Å². The zero-order chi connectivity index (χ0) is 14.0. The van der Waals surface area contributed by atoms with Gasteiger partial charge in [0.05, 0.1) is 0 Å². The average molecular weight is 293 g/mol. The Morgan fingerprint density at radius 2 is 2.16 bits per heavy atom. The third kappa shape index (κ3) is 3.87. The highest BCUT2D eigenvalue weighted by atomic mass is 32.2. The van der Waals surface area contributed by atoms with Gasteiger partial charge in [-0.05, 0) is 19.1 Å². The second kappa shape index (κ2) is 5.41. The van der Waals surface area contributed by atoms with Gasteiger partial charge < -0.3 is 10.3 Å². The van der Waals surface area contributed by atoms with Crippen LogP contribution in [0.4, 0.5) is 24.8 Å². The van der Waals surface area contributed by atoms with E-state index in [-0.39, 0.29) is 11.9 Å². The predicted molar refractivity (Wildman–Crippen MR) is 68.0 cm³/mol. The van der Waals surface area contributed by atoms with E-state index < -0.39 is 12.7 Å². The molecule has 1 fully saturated rings.